The minimum Gasteiger partial charge on any atom is -0.324 e. The molecule has 0 spiro atoms. The molecule has 0 saturated heterocycles. The van der Waals surface area contributed by atoms with Crippen LogP contribution in [0.5, 0.6) is 0 Å². The van der Waals surface area contributed by atoms with Gasteiger partial charge in [-0.15, -0.1) is 0 Å². The van der Waals surface area contributed by atoms with Crippen molar-refractivity contribution in [1.29, 1.82) is 5.26 Å². The number of para-hydroxylation sites is 1. The normalized spacial score (nSPS) is 10.2. The first-order valence-corrected chi connectivity index (χ1v) is 7.28. The van der Waals surface area contributed by atoms with Gasteiger partial charge in [0.25, 0.3) is 0 Å². The number of nitriles is 1. The minimum absolute atomic E-state index is 0.111. The Morgan fingerprint density at radius 3 is 2.50 bits per heavy atom. The molecule has 2 rings (SSSR count). The van der Waals surface area contributed by atoms with Crippen LogP contribution in [0.4, 0.5) is 5.69 Å². The van der Waals surface area contributed by atoms with Crippen molar-refractivity contribution in [3.05, 3.63) is 65.7 Å². The van der Waals surface area contributed by atoms with Crippen molar-refractivity contribution in [2.45, 2.75) is 13.5 Å². The van der Waals surface area contributed by atoms with Crippen molar-refractivity contribution in [2.24, 2.45) is 0 Å². The molecular weight excluding hydrogens is 274 g/mol. The largest absolute Gasteiger partial charge is 0.324 e. The Morgan fingerprint density at radius 2 is 1.82 bits per heavy atom. The summed E-state index contributed by atoms with van der Waals surface area (Å²) in [5.41, 5.74) is 2.21. The van der Waals surface area contributed by atoms with E-state index in [1.807, 2.05) is 37.3 Å². The van der Waals surface area contributed by atoms with Gasteiger partial charge in [0.2, 0.25) is 5.91 Å². The summed E-state index contributed by atoms with van der Waals surface area (Å²) >= 11 is 0. The van der Waals surface area contributed by atoms with Gasteiger partial charge in [0.05, 0.1) is 17.8 Å². The molecule has 0 radical (unpaired) electrons. The third-order valence-corrected chi connectivity index (χ3v) is 3.39. The molecule has 0 fully saturated rings. The lowest BCUT2D eigenvalue weighted by Crippen LogP contribution is -2.32. The average molecular weight is 293 g/mol. The van der Waals surface area contributed by atoms with Crippen LogP contribution in [-0.2, 0) is 11.3 Å². The molecule has 112 valence electrons. The lowest BCUT2D eigenvalue weighted by Gasteiger charge is -2.20. The van der Waals surface area contributed by atoms with E-state index in [0.29, 0.717) is 17.8 Å². The van der Waals surface area contributed by atoms with Crippen molar-refractivity contribution in [3.63, 3.8) is 0 Å². The number of nitrogens with zero attached hydrogens (tertiary/aromatic N) is 2. The molecule has 0 saturated carbocycles. The number of carbonyl (C=O) groups is 1. The molecule has 0 bridgehead atoms. The topological polar surface area (TPSA) is 56.1 Å². The molecule has 0 aliphatic rings. The Bertz CT molecular complexity index is 662. The van der Waals surface area contributed by atoms with Crippen molar-refractivity contribution in [3.8, 4) is 6.07 Å². The van der Waals surface area contributed by atoms with E-state index in [-0.39, 0.29) is 5.91 Å². The van der Waals surface area contributed by atoms with Crippen LogP contribution >= 0.6 is 0 Å². The molecule has 0 heterocycles. The third-order valence-electron chi connectivity index (χ3n) is 3.39. The van der Waals surface area contributed by atoms with Crippen LogP contribution in [-0.4, -0.2) is 23.9 Å². The van der Waals surface area contributed by atoms with Gasteiger partial charge >= 0.3 is 0 Å². The summed E-state index contributed by atoms with van der Waals surface area (Å²) in [5, 5.41) is 11.9. The van der Waals surface area contributed by atoms with Crippen molar-refractivity contribution in [2.75, 3.05) is 18.4 Å². The van der Waals surface area contributed by atoms with E-state index >= 15 is 0 Å². The Balaban J connectivity index is 1.96. The summed E-state index contributed by atoms with van der Waals surface area (Å²) in [4.78, 5) is 14.2. The van der Waals surface area contributed by atoms with Crippen molar-refractivity contribution in [1.82, 2.24) is 4.90 Å². The number of nitrogens with one attached hydrogen (secondary N) is 1. The maximum absolute atomic E-state index is 12.2. The van der Waals surface area contributed by atoms with E-state index in [0.717, 1.165) is 13.1 Å². The summed E-state index contributed by atoms with van der Waals surface area (Å²) in [6, 6.07) is 19.2. The number of hydrogen-bond acceptors (Lipinski definition) is 3. The van der Waals surface area contributed by atoms with E-state index in [1.165, 1.54) is 5.56 Å². The van der Waals surface area contributed by atoms with Crippen molar-refractivity contribution >= 4 is 11.6 Å². The van der Waals surface area contributed by atoms with E-state index < -0.39 is 0 Å². The fraction of sp³-hybridized carbons (Fsp3) is 0.222. The van der Waals surface area contributed by atoms with Gasteiger partial charge in [-0.05, 0) is 24.2 Å². The van der Waals surface area contributed by atoms with Crippen molar-refractivity contribution < 1.29 is 4.79 Å². The number of anilines is 1. The first-order chi connectivity index (χ1) is 10.7. The maximum Gasteiger partial charge on any atom is 0.238 e. The second-order valence-corrected chi connectivity index (χ2v) is 4.99. The molecule has 0 unspecified atom stereocenters. The Hall–Kier alpha value is -2.64. The second kappa shape index (κ2) is 7.96. The molecule has 0 aliphatic carbocycles. The Kier molecular flexibility index (Phi) is 5.70. The predicted molar refractivity (Wildman–Crippen MR) is 87.2 cm³/mol. The number of hydrogen-bond donors (Lipinski definition) is 1. The SMILES string of the molecule is CCN(CC(=O)Nc1ccccc1C#N)Cc1ccccc1. The number of amides is 1. The van der Waals surface area contributed by atoms with E-state index in [9.17, 15) is 4.79 Å². The van der Waals surface area contributed by atoms with Crippen LogP contribution in [0.2, 0.25) is 0 Å². The summed E-state index contributed by atoms with van der Waals surface area (Å²) in [6.07, 6.45) is 0. The standard InChI is InChI=1S/C18H19N3O/c1-2-21(13-15-8-4-3-5-9-15)14-18(22)20-17-11-7-6-10-16(17)12-19/h3-11H,2,13-14H2,1H3,(H,20,22). The van der Waals surface area contributed by atoms with Gasteiger partial charge < -0.3 is 5.32 Å². The fourth-order valence-electron chi connectivity index (χ4n) is 2.20. The summed E-state index contributed by atoms with van der Waals surface area (Å²) in [6.45, 7) is 3.83. The quantitative estimate of drug-likeness (QED) is 0.890. The van der Waals surface area contributed by atoms with Gasteiger partial charge in [-0.1, -0.05) is 49.4 Å². The van der Waals surface area contributed by atoms with E-state index in [4.69, 9.17) is 5.26 Å². The van der Waals surface area contributed by atoms with Crippen LogP contribution in [0.1, 0.15) is 18.1 Å². The van der Waals surface area contributed by atoms with Gasteiger partial charge in [0.1, 0.15) is 6.07 Å². The van der Waals surface area contributed by atoms with Gasteiger partial charge in [0.15, 0.2) is 0 Å². The van der Waals surface area contributed by atoms with Crippen LogP contribution in [0.3, 0.4) is 0 Å². The lowest BCUT2D eigenvalue weighted by molar-refractivity contribution is -0.117. The maximum atomic E-state index is 12.2. The van der Waals surface area contributed by atoms with Gasteiger partial charge in [0, 0.05) is 6.54 Å². The van der Waals surface area contributed by atoms with Crippen LogP contribution in [0, 0.1) is 11.3 Å². The highest BCUT2D eigenvalue weighted by molar-refractivity contribution is 5.93. The first kappa shape index (κ1) is 15.7. The molecule has 1 amide bonds. The zero-order chi connectivity index (χ0) is 15.8. The number of rotatable bonds is 6. The Labute approximate surface area is 131 Å². The highest BCUT2D eigenvalue weighted by atomic mass is 16.2. The van der Waals surface area contributed by atoms with Gasteiger partial charge in [-0.3, -0.25) is 9.69 Å². The molecule has 2 aromatic carbocycles. The monoisotopic (exact) mass is 293 g/mol. The molecule has 0 aliphatic heterocycles. The molecule has 0 aromatic heterocycles. The van der Waals surface area contributed by atoms with Gasteiger partial charge in [-0.25, -0.2) is 0 Å². The Morgan fingerprint density at radius 1 is 1.14 bits per heavy atom. The zero-order valence-corrected chi connectivity index (χ0v) is 12.6. The summed E-state index contributed by atoms with van der Waals surface area (Å²) in [7, 11) is 0. The van der Waals surface area contributed by atoms with Crippen LogP contribution in [0.25, 0.3) is 0 Å². The minimum atomic E-state index is -0.111. The molecule has 4 heteroatoms. The summed E-state index contributed by atoms with van der Waals surface area (Å²) in [5.74, 6) is -0.111. The van der Waals surface area contributed by atoms with Crippen LogP contribution in [0.15, 0.2) is 54.6 Å². The zero-order valence-electron chi connectivity index (χ0n) is 12.6. The predicted octanol–water partition coefficient (Wildman–Crippen LogP) is 3.02. The highest BCUT2D eigenvalue weighted by Gasteiger charge is 2.11. The third kappa shape index (κ3) is 4.44. The van der Waals surface area contributed by atoms with E-state index in [2.05, 4.69) is 16.3 Å². The number of benzene rings is 2. The van der Waals surface area contributed by atoms with E-state index in [1.54, 1.807) is 24.3 Å². The molecule has 2 aromatic rings. The summed E-state index contributed by atoms with van der Waals surface area (Å²) < 4.78 is 0. The highest BCUT2D eigenvalue weighted by Crippen LogP contribution is 2.13. The first-order valence-electron chi connectivity index (χ1n) is 7.28. The molecule has 22 heavy (non-hydrogen) atoms. The molecule has 4 nitrogen and oxygen atoms in total. The number of carbonyl (C=O) groups excluding carboxylic acids is 1. The smallest absolute Gasteiger partial charge is 0.238 e. The lowest BCUT2D eigenvalue weighted by atomic mass is 10.2. The molecule has 0 atom stereocenters. The average Bonchev–Trinajstić information content (AvgIpc) is 2.55. The fourth-order valence-corrected chi connectivity index (χ4v) is 2.20. The van der Waals surface area contributed by atoms with Crippen LogP contribution < -0.4 is 5.32 Å². The van der Waals surface area contributed by atoms with Gasteiger partial charge in [-0.2, -0.15) is 5.26 Å². The second-order valence-electron chi connectivity index (χ2n) is 4.99. The number of likely N-dealkylation sites (N-methyl/N-ethyl adjacent to an activating group) is 1. The molecular formula is C18H19N3O. The molecule has 1 N–H and O–H groups in total.